The van der Waals surface area contributed by atoms with Crippen LogP contribution in [0.3, 0.4) is 0 Å². The van der Waals surface area contributed by atoms with Crippen LogP contribution in [-0.2, 0) is 16.6 Å². The highest BCUT2D eigenvalue weighted by Crippen LogP contribution is 2.27. The number of carbonyl (C=O) groups excluding carboxylic acids is 1. The number of amides is 1. The Labute approximate surface area is 219 Å². The Kier molecular flexibility index (Phi) is 7.79. The molecule has 4 rings (SSSR count). The van der Waals surface area contributed by atoms with E-state index in [9.17, 15) is 13.2 Å². The zero-order valence-corrected chi connectivity index (χ0v) is 22.4. The van der Waals surface area contributed by atoms with Crippen LogP contribution in [0.25, 0.3) is 0 Å². The highest BCUT2D eigenvalue weighted by molar-refractivity contribution is 7.92. The highest BCUT2D eigenvalue weighted by atomic mass is 32.2. The minimum absolute atomic E-state index is 0.181. The standard InChI is InChI=1S/C31H32N2O3S/c1-22-14-15-24(3)29(20-22)33(37(4,35)36)21-25-16-18-27(19-17-25)31(34)32-30(26-11-6-5-7-12-26)28-13-9-8-10-23(28)2/h5-20,30H,21H2,1-4H3,(H,32,34)/t30-/m0/s1. The third-order valence-electron chi connectivity index (χ3n) is 6.48. The molecule has 37 heavy (non-hydrogen) atoms. The molecule has 4 aromatic rings. The van der Waals surface area contributed by atoms with Crippen molar-refractivity contribution in [3.05, 3.63) is 136 Å². The van der Waals surface area contributed by atoms with Crippen LogP contribution in [0.1, 0.15) is 49.8 Å². The van der Waals surface area contributed by atoms with Crippen molar-refractivity contribution in [1.29, 1.82) is 0 Å². The molecule has 0 radical (unpaired) electrons. The molecule has 4 aromatic carbocycles. The quantitative estimate of drug-likeness (QED) is 0.310. The zero-order valence-electron chi connectivity index (χ0n) is 21.6. The topological polar surface area (TPSA) is 66.5 Å². The molecular formula is C31H32N2O3S. The van der Waals surface area contributed by atoms with Crippen molar-refractivity contribution in [2.45, 2.75) is 33.4 Å². The van der Waals surface area contributed by atoms with E-state index in [2.05, 4.69) is 5.32 Å². The Hall–Kier alpha value is -3.90. The second kappa shape index (κ2) is 11.0. The monoisotopic (exact) mass is 512 g/mol. The van der Waals surface area contributed by atoms with Gasteiger partial charge in [-0.05, 0) is 72.4 Å². The number of benzene rings is 4. The third kappa shape index (κ3) is 6.27. The summed E-state index contributed by atoms with van der Waals surface area (Å²) >= 11 is 0. The number of rotatable bonds is 8. The van der Waals surface area contributed by atoms with Gasteiger partial charge >= 0.3 is 0 Å². The molecule has 6 heteroatoms. The minimum Gasteiger partial charge on any atom is -0.341 e. The second-order valence-corrected chi connectivity index (χ2v) is 11.3. The maximum Gasteiger partial charge on any atom is 0.252 e. The fraction of sp³-hybridized carbons (Fsp3) is 0.194. The Morgan fingerprint density at radius 1 is 0.811 bits per heavy atom. The first-order valence-corrected chi connectivity index (χ1v) is 14.0. The number of carbonyl (C=O) groups is 1. The van der Waals surface area contributed by atoms with Crippen molar-refractivity contribution in [2.75, 3.05) is 10.6 Å². The number of hydrogen-bond acceptors (Lipinski definition) is 3. The van der Waals surface area contributed by atoms with Crippen LogP contribution in [0.15, 0.2) is 97.1 Å². The van der Waals surface area contributed by atoms with Crippen molar-refractivity contribution in [2.24, 2.45) is 0 Å². The van der Waals surface area contributed by atoms with Crippen LogP contribution >= 0.6 is 0 Å². The summed E-state index contributed by atoms with van der Waals surface area (Å²) in [4.78, 5) is 13.3. The summed E-state index contributed by atoms with van der Waals surface area (Å²) in [7, 11) is -3.51. The molecule has 1 atom stereocenters. The van der Waals surface area contributed by atoms with Crippen LogP contribution in [0.2, 0.25) is 0 Å². The average molecular weight is 513 g/mol. The zero-order chi connectivity index (χ0) is 26.6. The molecule has 0 unspecified atom stereocenters. The van der Waals surface area contributed by atoms with Gasteiger partial charge in [0.05, 0.1) is 24.5 Å². The van der Waals surface area contributed by atoms with Gasteiger partial charge in [0.2, 0.25) is 10.0 Å². The molecule has 0 spiro atoms. The van der Waals surface area contributed by atoms with Gasteiger partial charge < -0.3 is 5.32 Å². The lowest BCUT2D eigenvalue weighted by Gasteiger charge is -2.25. The lowest BCUT2D eigenvalue weighted by molar-refractivity contribution is 0.0943. The molecule has 0 aromatic heterocycles. The maximum absolute atomic E-state index is 13.3. The van der Waals surface area contributed by atoms with Gasteiger partial charge in [-0.1, -0.05) is 78.9 Å². The van der Waals surface area contributed by atoms with E-state index in [4.69, 9.17) is 0 Å². The van der Waals surface area contributed by atoms with Crippen molar-refractivity contribution in [3.8, 4) is 0 Å². The smallest absolute Gasteiger partial charge is 0.252 e. The van der Waals surface area contributed by atoms with Crippen LogP contribution in [-0.4, -0.2) is 20.6 Å². The van der Waals surface area contributed by atoms with Gasteiger partial charge in [0.1, 0.15) is 0 Å². The largest absolute Gasteiger partial charge is 0.341 e. The Balaban J connectivity index is 1.58. The predicted molar refractivity (Wildman–Crippen MR) is 150 cm³/mol. The number of nitrogens with one attached hydrogen (secondary N) is 1. The first kappa shape index (κ1) is 26.2. The number of anilines is 1. The predicted octanol–water partition coefficient (Wildman–Crippen LogP) is 6.10. The molecule has 0 bridgehead atoms. The van der Waals surface area contributed by atoms with Gasteiger partial charge in [-0.15, -0.1) is 0 Å². The summed E-state index contributed by atoms with van der Waals surface area (Å²) in [5.74, 6) is -0.196. The lowest BCUT2D eigenvalue weighted by Crippen LogP contribution is -2.30. The van der Waals surface area contributed by atoms with Crippen LogP contribution < -0.4 is 9.62 Å². The molecule has 0 saturated heterocycles. The molecule has 0 aliphatic heterocycles. The van der Waals surface area contributed by atoms with Crippen molar-refractivity contribution >= 4 is 21.6 Å². The highest BCUT2D eigenvalue weighted by Gasteiger charge is 2.21. The van der Waals surface area contributed by atoms with Crippen molar-refractivity contribution in [3.63, 3.8) is 0 Å². The molecule has 1 amide bonds. The lowest BCUT2D eigenvalue weighted by atomic mass is 9.94. The minimum atomic E-state index is -3.51. The molecular weight excluding hydrogens is 480 g/mol. The van der Waals surface area contributed by atoms with Gasteiger partial charge in [0, 0.05) is 5.56 Å². The first-order chi connectivity index (χ1) is 17.6. The average Bonchev–Trinajstić information content (AvgIpc) is 2.88. The Morgan fingerprint density at radius 3 is 2.11 bits per heavy atom. The molecule has 5 nitrogen and oxygen atoms in total. The third-order valence-corrected chi connectivity index (χ3v) is 7.61. The number of nitrogens with zero attached hydrogens (tertiary/aromatic N) is 1. The number of sulfonamides is 1. The Bertz CT molecular complexity index is 1500. The first-order valence-electron chi connectivity index (χ1n) is 12.2. The van der Waals surface area contributed by atoms with E-state index >= 15 is 0 Å². The summed E-state index contributed by atoms with van der Waals surface area (Å²) in [5.41, 5.74) is 6.97. The van der Waals surface area contributed by atoms with E-state index in [0.29, 0.717) is 11.3 Å². The van der Waals surface area contributed by atoms with Crippen LogP contribution in [0.4, 0.5) is 5.69 Å². The van der Waals surface area contributed by atoms with Gasteiger partial charge in [-0.2, -0.15) is 0 Å². The summed E-state index contributed by atoms with van der Waals surface area (Å²) in [6, 6.07) is 30.5. The summed E-state index contributed by atoms with van der Waals surface area (Å²) < 4.78 is 26.7. The van der Waals surface area contributed by atoms with E-state index in [-0.39, 0.29) is 18.5 Å². The van der Waals surface area contributed by atoms with Crippen molar-refractivity contribution in [1.82, 2.24) is 5.32 Å². The fourth-order valence-electron chi connectivity index (χ4n) is 4.41. The fourth-order valence-corrected chi connectivity index (χ4v) is 5.35. The molecule has 0 aliphatic carbocycles. The van der Waals surface area contributed by atoms with Crippen LogP contribution in [0, 0.1) is 20.8 Å². The van der Waals surface area contributed by atoms with E-state index in [0.717, 1.165) is 33.4 Å². The van der Waals surface area contributed by atoms with E-state index in [1.807, 2.05) is 106 Å². The number of aryl methyl sites for hydroxylation is 3. The van der Waals surface area contributed by atoms with E-state index < -0.39 is 10.0 Å². The van der Waals surface area contributed by atoms with Gasteiger partial charge in [-0.3, -0.25) is 9.10 Å². The Morgan fingerprint density at radius 2 is 1.46 bits per heavy atom. The van der Waals surface area contributed by atoms with Crippen LogP contribution in [0.5, 0.6) is 0 Å². The van der Waals surface area contributed by atoms with Gasteiger partial charge in [0.25, 0.3) is 5.91 Å². The number of hydrogen-bond donors (Lipinski definition) is 1. The van der Waals surface area contributed by atoms with Crippen molar-refractivity contribution < 1.29 is 13.2 Å². The molecule has 0 aliphatic rings. The molecule has 0 heterocycles. The molecule has 0 fully saturated rings. The second-order valence-electron chi connectivity index (χ2n) is 9.43. The molecule has 0 saturated carbocycles. The summed E-state index contributed by atoms with van der Waals surface area (Å²) in [6.45, 7) is 6.06. The van der Waals surface area contributed by atoms with E-state index in [1.165, 1.54) is 10.6 Å². The van der Waals surface area contributed by atoms with E-state index in [1.54, 1.807) is 12.1 Å². The van der Waals surface area contributed by atoms with Gasteiger partial charge in [-0.25, -0.2) is 8.42 Å². The molecule has 190 valence electrons. The van der Waals surface area contributed by atoms with Gasteiger partial charge in [0.15, 0.2) is 0 Å². The summed E-state index contributed by atoms with van der Waals surface area (Å²) in [6.07, 6.45) is 1.21. The summed E-state index contributed by atoms with van der Waals surface area (Å²) in [5, 5.41) is 3.19. The maximum atomic E-state index is 13.3. The SMILES string of the molecule is Cc1ccc(C)c(N(Cc2ccc(C(=O)N[C@@H](c3ccccc3)c3ccccc3C)cc2)S(C)(=O)=O)c1. The molecule has 1 N–H and O–H groups in total. The normalized spacial score (nSPS) is 12.1.